The molecule has 0 aliphatic heterocycles. The predicted octanol–water partition coefficient (Wildman–Crippen LogP) is 2.74. The zero-order chi connectivity index (χ0) is 14.1. The molecule has 0 aromatic carbocycles. The lowest BCUT2D eigenvalue weighted by atomic mass is 10.1. The lowest BCUT2D eigenvalue weighted by molar-refractivity contribution is -0.137. The van der Waals surface area contributed by atoms with Crippen LogP contribution >= 0.6 is 0 Å². The van der Waals surface area contributed by atoms with Crippen molar-refractivity contribution >= 4 is 11.9 Å². The van der Waals surface area contributed by atoms with Gasteiger partial charge in [0.2, 0.25) is 0 Å². The second-order valence-electron chi connectivity index (χ2n) is 4.58. The van der Waals surface area contributed by atoms with E-state index >= 15 is 0 Å². The smallest absolute Gasteiger partial charge is 0.303 e. The van der Waals surface area contributed by atoms with E-state index in [9.17, 15) is 9.59 Å². The number of rotatable bonds is 9. The third-order valence-electron chi connectivity index (χ3n) is 2.82. The van der Waals surface area contributed by atoms with Gasteiger partial charge in [0.05, 0.1) is 0 Å². The third-order valence-corrected chi connectivity index (χ3v) is 2.82. The molecule has 106 valence electrons. The Morgan fingerprint density at radius 3 is 2.47 bits per heavy atom. The number of carbonyl (C=O) groups is 2. The first kappa shape index (κ1) is 15.3. The van der Waals surface area contributed by atoms with Gasteiger partial charge in [-0.3, -0.25) is 9.59 Å². The van der Waals surface area contributed by atoms with Gasteiger partial charge < -0.3 is 14.8 Å². The van der Waals surface area contributed by atoms with Crippen molar-refractivity contribution in [1.29, 1.82) is 0 Å². The molecule has 1 aromatic rings. The van der Waals surface area contributed by atoms with E-state index in [1.54, 1.807) is 19.1 Å². The molecule has 5 nitrogen and oxygen atoms in total. The van der Waals surface area contributed by atoms with E-state index < -0.39 is 5.97 Å². The number of unbranched alkanes of at least 4 members (excludes halogenated alkanes) is 4. The van der Waals surface area contributed by atoms with Gasteiger partial charge in [-0.2, -0.15) is 0 Å². The minimum atomic E-state index is -0.735. The third kappa shape index (κ3) is 6.64. The Balaban J connectivity index is 1.99. The van der Waals surface area contributed by atoms with Crippen LogP contribution < -0.4 is 5.32 Å². The molecule has 0 saturated carbocycles. The summed E-state index contributed by atoms with van der Waals surface area (Å²) in [4.78, 5) is 21.9. The van der Waals surface area contributed by atoms with Crippen molar-refractivity contribution in [3.63, 3.8) is 0 Å². The Morgan fingerprint density at radius 1 is 1.16 bits per heavy atom. The summed E-state index contributed by atoms with van der Waals surface area (Å²) in [6.45, 7) is 2.42. The summed E-state index contributed by atoms with van der Waals surface area (Å²) in [7, 11) is 0. The molecule has 0 fully saturated rings. The number of hydrogen-bond acceptors (Lipinski definition) is 3. The van der Waals surface area contributed by atoms with Gasteiger partial charge in [0.25, 0.3) is 5.91 Å². The first-order valence-corrected chi connectivity index (χ1v) is 6.66. The summed E-state index contributed by atoms with van der Waals surface area (Å²) in [6, 6.07) is 3.42. The Kier molecular flexibility index (Phi) is 6.71. The van der Waals surface area contributed by atoms with E-state index in [0.29, 0.717) is 12.3 Å². The fourth-order valence-corrected chi connectivity index (χ4v) is 1.78. The van der Waals surface area contributed by atoms with E-state index in [4.69, 9.17) is 9.52 Å². The van der Waals surface area contributed by atoms with Crippen LogP contribution in [0.4, 0.5) is 0 Å². The predicted molar refractivity (Wildman–Crippen MR) is 71.1 cm³/mol. The number of carbonyl (C=O) groups excluding carboxylic acids is 1. The first-order chi connectivity index (χ1) is 9.09. The Hall–Kier alpha value is -1.78. The largest absolute Gasteiger partial charge is 0.481 e. The molecule has 0 aliphatic carbocycles. The van der Waals surface area contributed by atoms with Crippen molar-refractivity contribution in [3.05, 3.63) is 23.7 Å². The molecule has 2 N–H and O–H groups in total. The normalized spacial score (nSPS) is 10.4. The van der Waals surface area contributed by atoms with Crippen molar-refractivity contribution in [2.24, 2.45) is 0 Å². The second kappa shape index (κ2) is 8.34. The highest BCUT2D eigenvalue weighted by atomic mass is 16.4. The molecule has 0 aliphatic rings. The summed E-state index contributed by atoms with van der Waals surface area (Å²) in [5.41, 5.74) is 0. The molecule has 19 heavy (non-hydrogen) atoms. The van der Waals surface area contributed by atoms with Gasteiger partial charge in [-0.15, -0.1) is 0 Å². The van der Waals surface area contributed by atoms with Crippen LogP contribution in [0.3, 0.4) is 0 Å². The SMILES string of the molecule is Cc1ccc(C(=O)NCCCCCCCC(=O)O)o1. The minimum absolute atomic E-state index is 0.182. The van der Waals surface area contributed by atoms with E-state index in [1.165, 1.54) is 0 Å². The van der Waals surface area contributed by atoms with Crippen molar-refractivity contribution in [1.82, 2.24) is 5.32 Å². The number of amides is 1. The average molecular weight is 267 g/mol. The Bertz CT molecular complexity index is 411. The van der Waals surface area contributed by atoms with Crippen LogP contribution in [0.2, 0.25) is 0 Å². The number of hydrogen-bond donors (Lipinski definition) is 2. The Labute approximate surface area is 113 Å². The van der Waals surface area contributed by atoms with Gasteiger partial charge >= 0.3 is 5.97 Å². The van der Waals surface area contributed by atoms with Gasteiger partial charge in [0.15, 0.2) is 5.76 Å². The van der Waals surface area contributed by atoms with Crippen LogP contribution in [0.15, 0.2) is 16.5 Å². The van der Waals surface area contributed by atoms with Gasteiger partial charge in [-0.25, -0.2) is 0 Å². The quantitative estimate of drug-likeness (QED) is 0.674. The molecule has 0 atom stereocenters. The van der Waals surface area contributed by atoms with Crippen LogP contribution in [-0.4, -0.2) is 23.5 Å². The highest BCUT2D eigenvalue weighted by Crippen LogP contribution is 2.07. The van der Waals surface area contributed by atoms with E-state index in [1.807, 2.05) is 0 Å². The van der Waals surface area contributed by atoms with Gasteiger partial charge in [0.1, 0.15) is 5.76 Å². The Morgan fingerprint density at radius 2 is 1.84 bits per heavy atom. The molecule has 1 aromatic heterocycles. The van der Waals surface area contributed by atoms with Crippen LogP contribution in [0.25, 0.3) is 0 Å². The number of aliphatic carboxylic acids is 1. The molecule has 1 rings (SSSR count). The van der Waals surface area contributed by atoms with E-state index in [-0.39, 0.29) is 12.3 Å². The summed E-state index contributed by atoms with van der Waals surface area (Å²) in [6.07, 6.45) is 4.80. The maximum atomic E-state index is 11.6. The number of aryl methyl sites for hydroxylation is 1. The number of nitrogens with one attached hydrogen (secondary N) is 1. The fourth-order valence-electron chi connectivity index (χ4n) is 1.78. The fraction of sp³-hybridized carbons (Fsp3) is 0.571. The maximum absolute atomic E-state index is 11.6. The van der Waals surface area contributed by atoms with Crippen molar-refractivity contribution in [3.8, 4) is 0 Å². The molecular weight excluding hydrogens is 246 g/mol. The topological polar surface area (TPSA) is 79.5 Å². The lowest BCUT2D eigenvalue weighted by Crippen LogP contribution is -2.23. The van der Waals surface area contributed by atoms with E-state index in [2.05, 4.69) is 5.32 Å². The van der Waals surface area contributed by atoms with Crippen LogP contribution in [0.1, 0.15) is 54.8 Å². The molecule has 5 heteroatoms. The summed E-state index contributed by atoms with van der Waals surface area (Å²) < 4.78 is 5.21. The first-order valence-electron chi connectivity index (χ1n) is 6.66. The molecule has 1 heterocycles. The van der Waals surface area contributed by atoms with Crippen LogP contribution in [0.5, 0.6) is 0 Å². The zero-order valence-electron chi connectivity index (χ0n) is 11.3. The standard InChI is InChI=1S/C14H21NO4/c1-11-8-9-12(19-11)14(18)15-10-6-4-2-3-5-7-13(16)17/h8-9H,2-7,10H2,1H3,(H,15,18)(H,16,17). The molecule has 0 spiro atoms. The average Bonchev–Trinajstić information content (AvgIpc) is 2.78. The molecule has 0 bridgehead atoms. The van der Waals surface area contributed by atoms with Gasteiger partial charge in [-0.1, -0.05) is 19.3 Å². The van der Waals surface area contributed by atoms with Crippen molar-refractivity contribution in [2.75, 3.05) is 6.54 Å². The van der Waals surface area contributed by atoms with Crippen molar-refractivity contribution < 1.29 is 19.1 Å². The summed E-state index contributed by atoms with van der Waals surface area (Å²) in [5.74, 6) is 0.155. The highest BCUT2D eigenvalue weighted by molar-refractivity contribution is 5.91. The molecule has 0 saturated heterocycles. The molecular formula is C14H21NO4. The van der Waals surface area contributed by atoms with Gasteiger partial charge in [0, 0.05) is 13.0 Å². The summed E-state index contributed by atoms with van der Waals surface area (Å²) in [5, 5.41) is 11.3. The van der Waals surface area contributed by atoms with Crippen LogP contribution in [0, 0.1) is 6.92 Å². The zero-order valence-corrected chi connectivity index (χ0v) is 11.3. The second-order valence-corrected chi connectivity index (χ2v) is 4.58. The monoisotopic (exact) mass is 267 g/mol. The minimum Gasteiger partial charge on any atom is -0.481 e. The number of furan rings is 1. The number of carboxylic acid groups (broad SMARTS) is 1. The number of carboxylic acids is 1. The molecule has 1 amide bonds. The molecule has 0 radical (unpaired) electrons. The van der Waals surface area contributed by atoms with Crippen molar-refractivity contribution in [2.45, 2.75) is 45.4 Å². The van der Waals surface area contributed by atoms with Crippen LogP contribution in [-0.2, 0) is 4.79 Å². The highest BCUT2D eigenvalue weighted by Gasteiger charge is 2.08. The summed E-state index contributed by atoms with van der Waals surface area (Å²) >= 11 is 0. The van der Waals surface area contributed by atoms with Gasteiger partial charge in [-0.05, 0) is 31.9 Å². The van der Waals surface area contributed by atoms with E-state index in [0.717, 1.165) is 37.9 Å². The lowest BCUT2D eigenvalue weighted by Gasteiger charge is -2.03. The molecule has 0 unspecified atom stereocenters. The maximum Gasteiger partial charge on any atom is 0.303 e.